The van der Waals surface area contributed by atoms with E-state index < -0.39 is 0 Å². The van der Waals surface area contributed by atoms with E-state index in [1.165, 1.54) is 5.56 Å². The lowest BCUT2D eigenvalue weighted by atomic mass is 10.1. The van der Waals surface area contributed by atoms with Gasteiger partial charge in [-0.1, -0.05) is 30.0 Å². The molecule has 0 bridgehead atoms. The Morgan fingerprint density at radius 1 is 1.07 bits per heavy atom. The van der Waals surface area contributed by atoms with Crippen molar-refractivity contribution in [3.63, 3.8) is 0 Å². The molecule has 1 heterocycles. The number of benzene rings is 2. The molecule has 3 rings (SSSR count). The van der Waals surface area contributed by atoms with Crippen LogP contribution in [0.25, 0.3) is 0 Å². The van der Waals surface area contributed by atoms with Crippen molar-refractivity contribution in [1.82, 2.24) is 14.8 Å². The maximum atomic E-state index is 12.3. The molecular weight excluding hydrogens is 358 g/mol. The summed E-state index contributed by atoms with van der Waals surface area (Å²) in [6.45, 7) is 6.18. The molecule has 1 aromatic heterocycles. The van der Waals surface area contributed by atoms with Crippen molar-refractivity contribution in [2.24, 2.45) is 7.05 Å². The zero-order valence-corrected chi connectivity index (χ0v) is 16.7. The minimum atomic E-state index is -0.260. The molecule has 0 fully saturated rings. The van der Waals surface area contributed by atoms with Crippen molar-refractivity contribution in [2.45, 2.75) is 31.2 Å². The summed E-state index contributed by atoms with van der Waals surface area (Å²) in [5.74, 6) is 0. The fourth-order valence-corrected chi connectivity index (χ4v) is 3.49. The van der Waals surface area contributed by atoms with E-state index >= 15 is 0 Å². The number of nitrogens with one attached hydrogen (secondary N) is 2. The van der Waals surface area contributed by atoms with E-state index in [1.54, 1.807) is 18.1 Å². The highest BCUT2D eigenvalue weighted by molar-refractivity contribution is 7.99. The standard InChI is InChI=1S/C20H23N5OS/c1-13-8-9-18(10-14(13)2)23-19(26)22-17-7-5-6-16(11-17)15(3)27-20-24-21-12-25(20)4/h5-12,15H,1-4H3,(H2,22,23,26). The van der Waals surface area contributed by atoms with E-state index in [4.69, 9.17) is 0 Å². The molecule has 6 nitrogen and oxygen atoms in total. The Morgan fingerprint density at radius 3 is 2.48 bits per heavy atom. The first kappa shape index (κ1) is 19.0. The van der Waals surface area contributed by atoms with Gasteiger partial charge in [-0.15, -0.1) is 10.2 Å². The third kappa shape index (κ3) is 4.89. The van der Waals surface area contributed by atoms with Gasteiger partial charge in [-0.05, 0) is 61.7 Å². The van der Waals surface area contributed by atoms with Crippen LogP contribution in [0.2, 0.25) is 0 Å². The van der Waals surface area contributed by atoms with Gasteiger partial charge in [0.2, 0.25) is 0 Å². The van der Waals surface area contributed by atoms with Crippen LogP contribution in [0, 0.1) is 13.8 Å². The van der Waals surface area contributed by atoms with Crippen LogP contribution in [-0.4, -0.2) is 20.8 Å². The Labute approximate surface area is 163 Å². The summed E-state index contributed by atoms with van der Waals surface area (Å²) >= 11 is 1.62. The predicted octanol–water partition coefficient (Wildman–Crippen LogP) is 4.93. The van der Waals surface area contributed by atoms with Crippen molar-refractivity contribution in [1.29, 1.82) is 0 Å². The fraction of sp³-hybridized carbons (Fsp3) is 0.250. The summed E-state index contributed by atoms with van der Waals surface area (Å²) in [4.78, 5) is 12.3. The summed E-state index contributed by atoms with van der Waals surface area (Å²) < 4.78 is 1.89. The molecule has 2 N–H and O–H groups in total. The Hall–Kier alpha value is -2.80. The van der Waals surface area contributed by atoms with Crippen molar-refractivity contribution in [2.75, 3.05) is 10.6 Å². The first-order chi connectivity index (χ1) is 12.9. The average Bonchev–Trinajstić information content (AvgIpc) is 3.03. The van der Waals surface area contributed by atoms with Crippen LogP contribution in [0.3, 0.4) is 0 Å². The maximum absolute atomic E-state index is 12.3. The molecule has 7 heteroatoms. The van der Waals surface area contributed by atoms with Crippen molar-refractivity contribution in [3.05, 3.63) is 65.5 Å². The normalized spacial score (nSPS) is 11.9. The van der Waals surface area contributed by atoms with E-state index in [9.17, 15) is 4.79 Å². The van der Waals surface area contributed by atoms with Gasteiger partial charge >= 0.3 is 6.03 Å². The number of hydrogen-bond acceptors (Lipinski definition) is 4. The van der Waals surface area contributed by atoms with Gasteiger partial charge in [-0.3, -0.25) is 0 Å². The van der Waals surface area contributed by atoms with Crippen molar-refractivity contribution in [3.8, 4) is 0 Å². The summed E-state index contributed by atoms with van der Waals surface area (Å²) in [5, 5.41) is 14.8. The quantitative estimate of drug-likeness (QED) is 0.615. The van der Waals surface area contributed by atoms with Crippen LogP contribution in [0.5, 0.6) is 0 Å². The number of carbonyl (C=O) groups is 1. The molecule has 0 radical (unpaired) electrons. The Kier molecular flexibility index (Phi) is 5.81. The van der Waals surface area contributed by atoms with Gasteiger partial charge in [0.1, 0.15) is 6.33 Å². The monoisotopic (exact) mass is 381 g/mol. The van der Waals surface area contributed by atoms with Gasteiger partial charge in [-0.25, -0.2) is 4.79 Å². The number of rotatable bonds is 5. The molecule has 0 saturated carbocycles. The zero-order chi connectivity index (χ0) is 19.4. The lowest BCUT2D eigenvalue weighted by Gasteiger charge is -2.13. The first-order valence-electron chi connectivity index (χ1n) is 8.68. The third-order valence-corrected chi connectivity index (χ3v) is 5.54. The summed E-state index contributed by atoms with van der Waals surface area (Å²) in [6.07, 6.45) is 1.68. The number of hydrogen-bond donors (Lipinski definition) is 2. The van der Waals surface area contributed by atoms with Gasteiger partial charge in [0, 0.05) is 23.7 Å². The molecule has 27 heavy (non-hydrogen) atoms. The molecule has 140 valence electrons. The molecule has 0 aliphatic rings. The molecule has 2 aromatic carbocycles. The number of thioether (sulfide) groups is 1. The molecular formula is C20H23N5OS. The second kappa shape index (κ2) is 8.26. The molecule has 2 amide bonds. The first-order valence-corrected chi connectivity index (χ1v) is 9.56. The lowest BCUT2D eigenvalue weighted by molar-refractivity contribution is 0.262. The largest absolute Gasteiger partial charge is 0.323 e. The average molecular weight is 382 g/mol. The number of urea groups is 1. The number of aromatic nitrogens is 3. The molecule has 3 aromatic rings. The van der Waals surface area contributed by atoms with E-state index in [0.29, 0.717) is 0 Å². The van der Waals surface area contributed by atoms with Crippen LogP contribution in [0.15, 0.2) is 53.9 Å². The highest BCUT2D eigenvalue weighted by Crippen LogP contribution is 2.34. The van der Waals surface area contributed by atoms with Crippen LogP contribution >= 0.6 is 11.8 Å². The van der Waals surface area contributed by atoms with Gasteiger partial charge in [0.15, 0.2) is 5.16 Å². The van der Waals surface area contributed by atoms with Crippen LogP contribution < -0.4 is 10.6 Å². The van der Waals surface area contributed by atoms with E-state index in [0.717, 1.165) is 27.7 Å². The minimum absolute atomic E-state index is 0.178. The fourth-order valence-electron chi connectivity index (χ4n) is 2.59. The van der Waals surface area contributed by atoms with Crippen molar-refractivity contribution >= 4 is 29.2 Å². The number of carbonyl (C=O) groups excluding carboxylic acids is 1. The summed E-state index contributed by atoms with van der Waals surface area (Å²) in [7, 11) is 1.92. The smallest absolute Gasteiger partial charge is 0.312 e. The molecule has 0 spiro atoms. The van der Waals surface area contributed by atoms with E-state index in [1.807, 2.05) is 67.9 Å². The SMILES string of the molecule is Cc1ccc(NC(=O)Nc2cccc(C(C)Sc3nncn3C)c2)cc1C. The van der Waals surface area contributed by atoms with Gasteiger partial charge in [0.05, 0.1) is 0 Å². The highest BCUT2D eigenvalue weighted by Gasteiger charge is 2.12. The molecule has 1 unspecified atom stereocenters. The topological polar surface area (TPSA) is 71.8 Å². The van der Waals surface area contributed by atoms with Gasteiger partial charge in [-0.2, -0.15) is 0 Å². The summed E-state index contributed by atoms with van der Waals surface area (Å²) in [5.41, 5.74) is 4.97. The maximum Gasteiger partial charge on any atom is 0.323 e. The number of amides is 2. The van der Waals surface area contributed by atoms with Crippen LogP contribution in [0.1, 0.15) is 28.9 Å². The molecule has 0 aliphatic heterocycles. The number of aryl methyl sites for hydroxylation is 3. The van der Waals surface area contributed by atoms with Gasteiger partial charge in [0.25, 0.3) is 0 Å². The van der Waals surface area contributed by atoms with Crippen molar-refractivity contribution < 1.29 is 4.79 Å². The zero-order valence-electron chi connectivity index (χ0n) is 15.9. The number of nitrogens with zero attached hydrogens (tertiary/aromatic N) is 3. The van der Waals surface area contributed by atoms with Crippen LogP contribution in [0.4, 0.5) is 16.2 Å². The molecule has 0 aliphatic carbocycles. The Balaban J connectivity index is 1.65. The Morgan fingerprint density at radius 2 is 1.81 bits per heavy atom. The van der Waals surface area contributed by atoms with Crippen LogP contribution in [-0.2, 0) is 7.05 Å². The number of anilines is 2. The van der Waals surface area contributed by atoms with E-state index in [2.05, 4.69) is 27.8 Å². The molecule has 0 saturated heterocycles. The minimum Gasteiger partial charge on any atom is -0.312 e. The molecule has 1 atom stereocenters. The highest BCUT2D eigenvalue weighted by atomic mass is 32.2. The summed E-state index contributed by atoms with van der Waals surface area (Å²) in [6, 6.07) is 13.4. The predicted molar refractivity (Wildman–Crippen MR) is 110 cm³/mol. The second-order valence-electron chi connectivity index (χ2n) is 6.49. The van der Waals surface area contributed by atoms with Gasteiger partial charge < -0.3 is 15.2 Å². The second-order valence-corrected chi connectivity index (χ2v) is 7.80. The third-order valence-electron chi connectivity index (χ3n) is 4.33. The van der Waals surface area contributed by atoms with E-state index in [-0.39, 0.29) is 11.3 Å². The Bertz CT molecular complexity index is 953. The lowest BCUT2D eigenvalue weighted by Crippen LogP contribution is -2.19.